The number of hydrogen-bond donors (Lipinski definition) is 0. The monoisotopic (exact) mass is 1080 g/mol. The Morgan fingerprint density at radius 3 is 0.988 bits per heavy atom. The van der Waals surface area contributed by atoms with E-state index in [-0.39, 0.29) is 10.8 Å². The minimum absolute atomic E-state index is 0.00337. The third kappa shape index (κ3) is 7.85. The summed E-state index contributed by atoms with van der Waals surface area (Å²) in [5.41, 5.74) is 19.1. The predicted octanol–water partition coefficient (Wildman–Crippen LogP) is 22.4. The Balaban J connectivity index is 0.936. The summed E-state index contributed by atoms with van der Waals surface area (Å²) in [5, 5.41) is 11.6. The number of para-hydroxylation sites is 4. The van der Waals surface area contributed by atoms with Crippen LogP contribution in [-0.4, -0.2) is 9.13 Å². The van der Waals surface area contributed by atoms with Crippen LogP contribution >= 0.6 is 0 Å². The minimum atomic E-state index is 0.00337. The van der Waals surface area contributed by atoms with Crippen LogP contribution in [0.3, 0.4) is 0 Å². The van der Waals surface area contributed by atoms with Gasteiger partial charge in [0, 0.05) is 101 Å². The summed E-state index contributed by atoms with van der Waals surface area (Å²) >= 11 is 0. The van der Waals surface area contributed by atoms with Crippen molar-refractivity contribution < 1.29 is 8.83 Å². The fraction of sp³-hybridized carbons (Fsp3) is 0.103. The van der Waals surface area contributed by atoms with Crippen LogP contribution < -0.4 is 9.80 Å². The van der Waals surface area contributed by atoms with Gasteiger partial charge in [-0.15, -0.1) is 0 Å². The van der Waals surface area contributed by atoms with Crippen LogP contribution in [-0.2, 0) is 10.8 Å². The van der Waals surface area contributed by atoms with Gasteiger partial charge in [0.15, 0.2) is 0 Å². The molecule has 6 heteroatoms. The van der Waals surface area contributed by atoms with E-state index in [1.54, 1.807) is 0 Å². The molecule has 404 valence electrons. The Labute approximate surface area is 487 Å². The van der Waals surface area contributed by atoms with E-state index in [0.29, 0.717) is 0 Å². The quantitative estimate of drug-likeness (QED) is 0.152. The fourth-order valence-electron chi connectivity index (χ4n) is 13.2. The van der Waals surface area contributed by atoms with Gasteiger partial charge in [0.25, 0.3) is 0 Å². The molecule has 4 heterocycles. The second kappa shape index (κ2) is 18.6. The normalized spacial score (nSPS) is 12.4. The third-order valence-corrected chi connectivity index (χ3v) is 17.4. The van der Waals surface area contributed by atoms with Gasteiger partial charge in [0.1, 0.15) is 22.3 Å². The number of hydrogen-bond acceptors (Lipinski definition) is 4. The summed E-state index contributed by atoms with van der Waals surface area (Å²) in [6.07, 6.45) is 0. The number of aromatic nitrogens is 2. The maximum absolute atomic E-state index is 6.51. The standard InChI is InChI=1S/C78H60N4O2/c1-77(2,3)49-25-29-53(30-26-49)81-67-43-41-64-63(75(67)65-39-35-55(45-69(65)81)79(51-17-9-7-10-18-51)57-33-37-61-59-21-13-15-23-71(59)83-73(61)47-57)42-44-68-76(64)66-40-36-56(46-70(66)82(68)54-31-27-50(28-32-54)78(4,5)6)80(52-19-11-8-12-20-52)58-34-38-62-60-22-14-16-24-72(60)84-74(62)48-58/h7-48H,1-6H3. The summed E-state index contributed by atoms with van der Waals surface area (Å²) in [7, 11) is 0. The zero-order chi connectivity index (χ0) is 56.6. The maximum atomic E-state index is 6.51. The molecule has 4 aromatic heterocycles. The molecular formula is C78H60N4O2. The second-order valence-electron chi connectivity index (χ2n) is 24.6. The molecule has 0 unspecified atom stereocenters. The van der Waals surface area contributed by atoms with E-state index in [0.717, 1.165) is 111 Å². The third-order valence-electron chi connectivity index (χ3n) is 17.4. The molecule has 0 N–H and O–H groups in total. The molecule has 0 aliphatic carbocycles. The summed E-state index contributed by atoms with van der Waals surface area (Å²) in [5.74, 6) is 0. The van der Waals surface area contributed by atoms with Crippen molar-refractivity contribution in [3.63, 3.8) is 0 Å². The lowest BCUT2D eigenvalue weighted by Crippen LogP contribution is -2.11. The highest BCUT2D eigenvalue weighted by molar-refractivity contribution is 6.30. The van der Waals surface area contributed by atoms with Crippen molar-refractivity contribution in [2.45, 2.75) is 52.4 Å². The van der Waals surface area contributed by atoms with Crippen molar-refractivity contribution in [3.05, 3.63) is 266 Å². The predicted molar refractivity (Wildman–Crippen MR) is 354 cm³/mol. The zero-order valence-electron chi connectivity index (χ0n) is 47.9. The summed E-state index contributed by atoms with van der Waals surface area (Å²) in [6.45, 7) is 13.7. The van der Waals surface area contributed by atoms with E-state index in [2.05, 4.69) is 291 Å². The Hall–Kier alpha value is -10.3. The molecule has 0 saturated carbocycles. The topological polar surface area (TPSA) is 42.6 Å². The van der Waals surface area contributed by atoms with Gasteiger partial charge in [-0.25, -0.2) is 0 Å². The lowest BCUT2D eigenvalue weighted by molar-refractivity contribution is 0.590. The number of fused-ring (bicyclic) bond motifs is 15. The SMILES string of the molecule is CC(C)(C)c1ccc(-n2c3cc(N(c4ccccc4)c4ccc5c(c4)oc4ccccc45)ccc3c3c4ccc5c(c4ccc32)c2ccc(N(c3ccccc3)c3ccc4c(c3)oc3ccccc34)cc2n5-c2ccc(C(C)(C)C)cc2)cc1. The molecule has 0 saturated heterocycles. The molecule has 16 aromatic rings. The van der Waals surface area contributed by atoms with Crippen LogP contribution in [0.2, 0.25) is 0 Å². The van der Waals surface area contributed by atoms with Crippen LogP contribution in [0.1, 0.15) is 52.7 Å². The molecule has 0 aliphatic rings. The summed E-state index contributed by atoms with van der Waals surface area (Å²) < 4.78 is 18.0. The lowest BCUT2D eigenvalue weighted by atomic mass is 9.87. The van der Waals surface area contributed by atoms with Gasteiger partial charge in [0.05, 0.1) is 22.1 Å². The van der Waals surface area contributed by atoms with Gasteiger partial charge in [-0.2, -0.15) is 0 Å². The highest BCUT2D eigenvalue weighted by atomic mass is 16.3. The Kier molecular flexibility index (Phi) is 11.0. The van der Waals surface area contributed by atoms with Crippen molar-refractivity contribution in [3.8, 4) is 11.4 Å². The van der Waals surface area contributed by atoms with Gasteiger partial charge in [0.2, 0.25) is 0 Å². The van der Waals surface area contributed by atoms with Gasteiger partial charge in [-0.05, 0) is 154 Å². The summed E-state index contributed by atoms with van der Waals surface area (Å²) in [6, 6.07) is 93.1. The molecule has 0 aliphatic heterocycles. The number of benzene rings is 12. The molecule has 0 bridgehead atoms. The molecule has 0 spiro atoms. The van der Waals surface area contributed by atoms with Gasteiger partial charge < -0.3 is 27.8 Å². The average Bonchev–Trinajstić information content (AvgIpc) is 3.79. The molecule has 0 fully saturated rings. The van der Waals surface area contributed by atoms with E-state index in [1.807, 2.05) is 24.3 Å². The molecule has 0 radical (unpaired) electrons. The fourth-order valence-corrected chi connectivity index (χ4v) is 13.2. The molecule has 84 heavy (non-hydrogen) atoms. The first-order chi connectivity index (χ1) is 40.9. The van der Waals surface area contributed by atoms with Crippen molar-refractivity contribution in [2.24, 2.45) is 0 Å². The molecule has 0 atom stereocenters. The van der Waals surface area contributed by atoms with Crippen LogP contribution in [0, 0.1) is 0 Å². The van der Waals surface area contributed by atoms with Gasteiger partial charge in [-0.1, -0.05) is 163 Å². The average molecular weight is 1090 g/mol. The van der Waals surface area contributed by atoms with E-state index >= 15 is 0 Å². The number of rotatable bonds is 8. The molecular weight excluding hydrogens is 1020 g/mol. The largest absolute Gasteiger partial charge is 0.456 e. The van der Waals surface area contributed by atoms with Crippen LogP contribution in [0.25, 0.3) is 110 Å². The van der Waals surface area contributed by atoms with Crippen molar-refractivity contribution >= 4 is 132 Å². The van der Waals surface area contributed by atoms with Crippen LogP contribution in [0.15, 0.2) is 264 Å². The first-order valence-corrected chi connectivity index (χ1v) is 29.1. The first kappa shape index (κ1) is 49.5. The Morgan fingerprint density at radius 1 is 0.262 bits per heavy atom. The van der Waals surface area contributed by atoms with Gasteiger partial charge >= 0.3 is 0 Å². The molecule has 12 aromatic carbocycles. The molecule has 6 nitrogen and oxygen atoms in total. The maximum Gasteiger partial charge on any atom is 0.137 e. The smallest absolute Gasteiger partial charge is 0.137 e. The highest BCUT2D eigenvalue weighted by Crippen LogP contribution is 2.48. The van der Waals surface area contributed by atoms with Crippen molar-refractivity contribution in [1.29, 1.82) is 0 Å². The zero-order valence-corrected chi connectivity index (χ0v) is 47.9. The lowest BCUT2D eigenvalue weighted by Gasteiger charge is -2.25. The molecule has 16 rings (SSSR count). The van der Waals surface area contributed by atoms with Crippen LogP contribution in [0.5, 0.6) is 0 Å². The minimum Gasteiger partial charge on any atom is -0.456 e. The Morgan fingerprint density at radius 2 is 0.595 bits per heavy atom. The van der Waals surface area contributed by atoms with Crippen molar-refractivity contribution in [1.82, 2.24) is 9.13 Å². The van der Waals surface area contributed by atoms with E-state index in [1.165, 1.54) is 43.4 Å². The second-order valence-corrected chi connectivity index (χ2v) is 24.6. The highest BCUT2D eigenvalue weighted by Gasteiger charge is 2.25. The van der Waals surface area contributed by atoms with E-state index in [4.69, 9.17) is 8.83 Å². The number of nitrogens with zero attached hydrogens (tertiary/aromatic N) is 4. The number of furan rings is 2. The Bertz CT molecular complexity index is 4930. The summed E-state index contributed by atoms with van der Waals surface area (Å²) in [4.78, 5) is 4.71. The van der Waals surface area contributed by atoms with Crippen LogP contribution in [0.4, 0.5) is 34.1 Å². The van der Waals surface area contributed by atoms with Crippen molar-refractivity contribution in [2.75, 3.05) is 9.80 Å². The molecule has 0 amide bonds. The van der Waals surface area contributed by atoms with E-state index < -0.39 is 0 Å². The first-order valence-electron chi connectivity index (χ1n) is 29.1. The van der Waals surface area contributed by atoms with Gasteiger partial charge in [-0.3, -0.25) is 0 Å². The number of anilines is 6. The van der Waals surface area contributed by atoms with E-state index in [9.17, 15) is 0 Å².